The summed E-state index contributed by atoms with van der Waals surface area (Å²) in [5, 5.41) is 55.3. The molecule has 25 heteroatoms. The molecule has 384 valence electrons. The SMILES string of the molecule is Cc1nc(-c2ccc(C(C)(C)C)cc2)nc(N)c1C(=O)N[C@@H](CNS(N)(=O)=O)C(=O)N(C)[C@@H]1C(=O)N[C@@H](C)C(=O)N[C@H](C(=O)O)Cc2ccc(OC[C@H](O)CN)c(c2)-c2cc1cc(OC[C@H](O)CN)c2O. The van der Waals surface area contributed by atoms with Gasteiger partial charge in [0.25, 0.3) is 16.1 Å². The molecule has 4 bridgehead atoms. The summed E-state index contributed by atoms with van der Waals surface area (Å²) >= 11 is 0. The number of anilines is 1. The second-order valence-corrected chi connectivity index (χ2v) is 19.4. The molecule has 1 aromatic heterocycles. The van der Waals surface area contributed by atoms with E-state index >= 15 is 0 Å². The van der Waals surface area contributed by atoms with E-state index < -0.39 is 95.1 Å². The standard InChI is InChI=1S/C46H61N11O13S/c1-22-36(39(49)56-40(52-22)25-8-10-27(11-9-25)46(3,4)5)42(62)55-33(19-51-71(50,67)68)44(64)57(6)37-26-15-31(38(60)35(16-26)70-21-29(59)18-48)30-13-24(7-12-34(30)69-20-28(58)17-47)14-32(45(65)66)54-41(61)23(2)53-43(37)63/h7-13,15-16,23,28-29,32-33,37,51,58-60H,14,17-21,47-48H2,1-6H3,(H,53,63)(H,54,61)(H,55,62)(H,65,66)(H2,49,52,56)(H2,50,67,68)/t23-,28+,29+,32-,33-,37-/m0/s1. The molecule has 24 nitrogen and oxygen atoms in total. The number of amides is 4. The molecule has 0 unspecified atom stereocenters. The maximum atomic E-state index is 14.9. The van der Waals surface area contributed by atoms with Crippen molar-refractivity contribution in [3.8, 4) is 39.8 Å². The summed E-state index contributed by atoms with van der Waals surface area (Å²) in [6.07, 6.45) is -2.72. The predicted octanol–water partition coefficient (Wildman–Crippen LogP) is -1.18. The number of phenolic OH excluding ortho intramolecular Hbond substituents is 1. The van der Waals surface area contributed by atoms with E-state index in [0.717, 1.165) is 23.6 Å². The lowest BCUT2D eigenvalue weighted by Gasteiger charge is -2.33. The van der Waals surface area contributed by atoms with Crippen LogP contribution in [0, 0.1) is 6.92 Å². The van der Waals surface area contributed by atoms with E-state index in [-0.39, 0.29) is 82.6 Å². The van der Waals surface area contributed by atoms with Gasteiger partial charge >= 0.3 is 5.97 Å². The van der Waals surface area contributed by atoms with Crippen molar-refractivity contribution in [2.45, 2.75) is 82.8 Å². The molecule has 2 heterocycles. The number of aryl methyl sites for hydroxylation is 1. The summed E-state index contributed by atoms with van der Waals surface area (Å²) in [4.78, 5) is 79.4. The molecule has 4 amide bonds. The van der Waals surface area contributed by atoms with Crippen molar-refractivity contribution in [3.05, 3.63) is 82.5 Å². The molecular weight excluding hydrogens is 947 g/mol. The fourth-order valence-corrected chi connectivity index (χ4v) is 7.82. The van der Waals surface area contributed by atoms with Crippen molar-refractivity contribution in [3.63, 3.8) is 0 Å². The van der Waals surface area contributed by atoms with Gasteiger partial charge in [0.05, 0.1) is 5.69 Å². The molecule has 16 N–H and O–H groups in total. The van der Waals surface area contributed by atoms with Gasteiger partial charge in [-0.3, -0.25) is 19.2 Å². The third-order valence-electron chi connectivity index (χ3n) is 11.4. The molecule has 0 aliphatic carbocycles. The van der Waals surface area contributed by atoms with Gasteiger partial charge < -0.3 is 68.0 Å². The highest BCUT2D eigenvalue weighted by Gasteiger charge is 2.38. The van der Waals surface area contributed by atoms with Gasteiger partial charge in [0.1, 0.15) is 66.7 Å². The Morgan fingerprint density at radius 1 is 0.915 bits per heavy atom. The van der Waals surface area contributed by atoms with Gasteiger partial charge in [-0.25, -0.2) is 19.9 Å². The van der Waals surface area contributed by atoms with Crippen LogP contribution < -0.4 is 52.5 Å². The number of aliphatic hydroxyl groups is 2. The highest BCUT2D eigenvalue weighted by Crippen LogP contribution is 2.45. The zero-order chi connectivity index (χ0) is 52.7. The maximum absolute atomic E-state index is 14.9. The fraction of sp³-hybridized carbons (Fsp3) is 0.413. The Hall–Kier alpha value is -7.00. The quantitative estimate of drug-likeness (QED) is 0.0592. The second-order valence-electron chi connectivity index (χ2n) is 18.0. The van der Waals surface area contributed by atoms with Crippen LogP contribution in [0.5, 0.6) is 17.2 Å². The smallest absolute Gasteiger partial charge is 0.326 e. The number of aromatic hydroxyl groups is 1. The van der Waals surface area contributed by atoms with E-state index in [1.54, 1.807) is 12.1 Å². The second kappa shape index (κ2) is 22.8. The van der Waals surface area contributed by atoms with Crippen LogP contribution in [0.4, 0.5) is 5.82 Å². The number of hydrogen-bond acceptors (Lipinski definition) is 17. The third kappa shape index (κ3) is 13.9. The predicted molar refractivity (Wildman–Crippen MR) is 259 cm³/mol. The number of carboxylic acid groups (broad SMARTS) is 1. The van der Waals surface area contributed by atoms with Crippen molar-refractivity contribution in [2.24, 2.45) is 16.6 Å². The number of aliphatic hydroxyl groups excluding tert-OH is 2. The summed E-state index contributed by atoms with van der Waals surface area (Å²) in [6, 6.07) is 7.41. The number of carboxylic acids is 1. The van der Waals surface area contributed by atoms with Gasteiger partial charge in [0.2, 0.25) is 17.7 Å². The highest BCUT2D eigenvalue weighted by molar-refractivity contribution is 7.87. The largest absolute Gasteiger partial charge is 0.504 e. The van der Waals surface area contributed by atoms with Gasteiger partial charge in [0.15, 0.2) is 17.3 Å². The first-order valence-electron chi connectivity index (χ1n) is 22.2. The lowest BCUT2D eigenvalue weighted by atomic mass is 9.86. The molecule has 1 aliphatic heterocycles. The molecule has 3 aromatic carbocycles. The van der Waals surface area contributed by atoms with Crippen molar-refractivity contribution in [1.29, 1.82) is 0 Å². The van der Waals surface area contributed by atoms with Gasteiger partial charge in [0, 0.05) is 49.8 Å². The molecule has 6 atom stereocenters. The molecule has 0 saturated carbocycles. The molecule has 4 aromatic rings. The van der Waals surface area contributed by atoms with Crippen molar-refractivity contribution >= 4 is 45.6 Å². The number of ether oxygens (including phenoxy) is 2. The molecule has 0 saturated heterocycles. The van der Waals surface area contributed by atoms with E-state index in [2.05, 4.69) is 46.7 Å². The number of carbonyl (C=O) groups excluding carboxylic acids is 4. The van der Waals surface area contributed by atoms with Crippen LogP contribution >= 0.6 is 0 Å². The number of phenols is 1. The van der Waals surface area contributed by atoms with E-state index in [4.69, 9.17) is 31.8 Å². The Morgan fingerprint density at radius 3 is 2.10 bits per heavy atom. The monoisotopic (exact) mass is 1010 g/mol. The van der Waals surface area contributed by atoms with Crippen LogP contribution in [0.15, 0.2) is 54.6 Å². The average Bonchev–Trinajstić information content (AvgIpc) is 3.30. The van der Waals surface area contributed by atoms with Gasteiger partial charge in [-0.2, -0.15) is 13.1 Å². The molecule has 5 rings (SSSR count). The van der Waals surface area contributed by atoms with E-state index in [0.29, 0.717) is 11.1 Å². The van der Waals surface area contributed by atoms with Crippen LogP contribution in [0.25, 0.3) is 22.5 Å². The lowest BCUT2D eigenvalue weighted by molar-refractivity contribution is -0.143. The van der Waals surface area contributed by atoms with E-state index in [9.17, 15) is 52.8 Å². The summed E-state index contributed by atoms with van der Waals surface area (Å²) in [7, 11) is -3.42. The fourth-order valence-electron chi connectivity index (χ4n) is 7.42. The number of rotatable bonds is 17. The van der Waals surface area contributed by atoms with Crippen LogP contribution in [-0.4, -0.2) is 144 Å². The normalized spacial score (nSPS) is 17.6. The Balaban J connectivity index is 1.67. The number of nitrogens with two attached hydrogens (primary N) is 4. The Bertz CT molecular complexity index is 2730. The zero-order valence-electron chi connectivity index (χ0n) is 39.9. The molecule has 0 radical (unpaired) electrons. The molecule has 1 aliphatic rings. The first kappa shape index (κ1) is 54.9. The number of fused-ring (bicyclic) bond motifs is 5. The maximum Gasteiger partial charge on any atom is 0.326 e. The van der Waals surface area contributed by atoms with E-state index in [1.165, 1.54) is 38.1 Å². The van der Waals surface area contributed by atoms with Crippen LogP contribution in [-0.2, 0) is 41.2 Å². The number of likely N-dealkylation sites (N-methyl/N-ethyl adjacent to an activating group) is 1. The minimum atomic E-state index is -4.54. The van der Waals surface area contributed by atoms with Crippen LogP contribution in [0.2, 0.25) is 0 Å². The number of hydrogen-bond donors (Lipinski definition) is 12. The van der Waals surface area contributed by atoms with Gasteiger partial charge in [-0.1, -0.05) is 51.1 Å². The van der Waals surface area contributed by atoms with Gasteiger partial charge in [-0.15, -0.1) is 0 Å². The average molecular weight is 1010 g/mol. The molecule has 71 heavy (non-hydrogen) atoms. The Labute approximate surface area is 409 Å². The Morgan fingerprint density at radius 2 is 1.54 bits per heavy atom. The number of aliphatic carboxylic acids is 1. The minimum Gasteiger partial charge on any atom is -0.504 e. The van der Waals surface area contributed by atoms with Gasteiger partial charge in [-0.05, 0) is 60.2 Å². The van der Waals surface area contributed by atoms with Crippen LogP contribution in [0.1, 0.15) is 66.5 Å². The van der Waals surface area contributed by atoms with Crippen molar-refractivity contribution in [2.75, 3.05) is 45.6 Å². The van der Waals surface area contributed by atoms with Crippen LogP contribution in [0.3, 0.4) is 0 Å². The molecular formula is C46H61N11O13S. The third-order valence-corrected chi connectivity index (χ3v) is 12.0. The summed E-state index contributed by atoms with van der Waals surface area (Å²) in [6.45, 7) is 6.69. The van der Waals surface area contributed by atoms with Crippen molar-refractivity contribution < 1.29 is 62.3 Å². The first-order valence-corrected chi connectivity index (χ1v) is 23.7. The highest BCUT2D eigenvalue weighted by atomic mass is 32.2. The lowest BCUT2D eigenvalue weighted by Crippen LogP contribution is -2.57. The number of carbonyl (C=O) groups is 5. The molecule has 0 fully saturated rings. The summed E-state index contributed by atoms with van der Waals surface area (Å²) in [5.41, 5.74) is 19.0. The number of aromatic nitrogens is 2. The number of nitrogen functional groups attached to an aromatic ring is 1. The summed E-state index contributed by atoms with van der Waals surface area (Å²) in [5.74, 6) is -6.69. The summed E-state index contributed by atoms with van der Waals surface area (Å²) < 4.78 is 38.3. The first-order chi connectivity index (χ1) is 33.2. The zero-order valence-corrected chi connectivity index (χ0v) is 40.7. The number of benzene rings is 3. The Kier molecular flexibility index (Phi) is 17.7. The van der Waals surface area contributed by atoms with Crippen molar-refractivity contribution in [1.82, 2.24) is 35.5 Å². The topological polar surface area (TPSA) is 400 Å². The minimum absolute atomic E-state index is 0.00516. The van der Waals surface area contributed by atoms with E-state index in [1.807, 2.05) is 16.9 Å². The number of nitrogens with zero attached hydrogens (tertiary/aromatic N) is 3. The molecule has 0 spiro atoms. The number of nitrogens with one attached hydrogen (secondary N) is 4.